The minimum atomic E-state index is -1.17. The van der Waals surface area contributed by atoms with Gasteiger partial charge in [-0.05, 0) is 24.6 Å². The molecule has 0 fully saturated rings. The van der Waals surface area contributed by atoms with Gasteiger partial charge in [0.15, 0.2) is 11.5 Å². The molecule has 0 aliphatic carbocycles. The molecule has 25 heavy (non-hydrogen) atoms. The Kier molecular flexibility index (Phi) is 4.99. The van der Waals surface area contributed by atoms with Crippen LogP contribution in [0.15, 0.2) is 59.1 Å². The maximum absolute atomic E-state index is 11.0. The van der Waals surface area contributed by atoms with Crippen LogP contribution in [0.5, 0.6) is 11.5 Å². The van der Waals surface area contributed by atoms with Crippen molar-refractivity contribution in [3.63, 3.8) is 0 Å². The summed E-state index contributed by atoms with van der Waals surface area (Å²) in [7, 11) is 0. The molecule has 0 aliphatic rings. The Morgan fingerprint density at radius 3 is 2.60 bits per heavy atom. The van der Waals surface area contributed by atoms with Crippen molar-refractivity contribution in [3.05, 3.63) is 65.9 Å². The fraction of sp³-hybridized carbons (Fsp3) is 0.158. The van der Waals surface area contributed by atoms with Gasteiger partial charge in [0.25, 0.3) is 0 Å². The lowest BCUT2D eigenvalue weighted by molar-refractivity contribution is 0.0652. The van der Waals surface area contributed by atoms with E-state index in [4.69, 9.17) is 19.1 Å². The quantitative estimate of drug-likeness (QED) is 0.700. The minimum Gasteiger partial charge on any atom is -0.490 e. The third-order valence-corrected chi connectivity index (χ3v) is 3.50. The monoisotopic (exact) mass is 339 g/mol. The summed E-state index contributed by atoms with van der Waals surface area (Å²) in [5.74, 6) is -0.341. The van der Waals surface area contributed by atoms with Gasteiger partial charge in [0.2, 0.25) is 5.76 Å². The van der Waals surface area contributed by atoms with Crippen molar-refractivity contribution in [1.82, 2.24) is 5.16 Å². The summed E-state index contributed by atoms with van der Waals surface area (Å²) in [5, 5.41) is 12.8. The maximum atomic E-state index is 11.0. The van der Waals surface area contributed by atoms with E-state index in [0.717, 1.165) is 5.56 Å². The van der Waals surface area contributed by atoms with Crippen molar-refractivity contribution in [2.24, 2.45) is 0 Å². The smallest absolute Gasteiger partial charge is 0.374 e. The van der Waals surface area contributed by atoms with Crippen molar-refractivity contribution < 1.29 is 23.9 Å². The van der Waals surface area contributed by atoms with E-state index >= 15 is 0 Å². The van der Waals surface area contributed by atoms with Crippen LogP contribution in [-0.4, -0.2) is 22.8 Å². The molecule has 0 saturated heterocycles. The van der Waals surface area contributed by atoms with E-state index in [2.05, 4.69) is 5.16 Å². The first kappa shape index (κ1) is 16.6. The normalized spacial score (nSPS) is 10.4. The largest absolute Gasteiger partial charge is 0.490 e. The van der Waals surface area contributed by atoms with Gasteiger partial charge in [-0.25, -0.2) is 4.79 Å². The van der Waals surface area contributed by atoms with Gasteiger partial charge in [0, 0.05) is 11.6 Å². The molecule has 2 aromatic carbocycles. The number of hydrogen-bond donors (Lipinski definition) is 1. The predicted octanol–water partition coefficient (Wildman–Crippen LogP) is 4.02. The molecule has 6 heteroatoms. The second-order valence-corrected chi connectivity index (χ2v) is 5.22. The summed E-state index contributed by atoms with van der Waals surface area (Å²) < 4.78 is 16.5. The lowest BCUT2D eigenvalue weighted by Crippen LogP contribution is -2.01. The Hall–Kier alpha value is -3.28. The first-order chi connectivity index (χ1) is 12.2. The molecule has 0 bridgehead atoms. The molecule has 1 aromatic heterocycles. The molecule has 1 N–H and O–H groups in total. The van der Waals surface area contributed by atoms with Crippen molar-refractivity contribution in [1.29, 1.82) is 0 Å². The van der Waals surface area contributed by atoms with Crippen LogP contribution in [0.2, 0.25) is 0 Å². The van der Waals surface area contributed by atoms with Gasteiger partial charge < -0.3 is 19.1 Å². The van der Waals surface area contributed by atoms with Gasteiger partial charge in [-0.1, -0.05) is 41.6 Å². The molecule has 1 heterocycles. The van der Waals surface area contributed by atoms with E-state index in [1.807, 2.05) is 37.3 Å². The Morgan fingerprint density at radius 1 is 1.12 bits per heavy atom. The van der Waals surface area contributed by atoms with Crippen molar-refractivity contribution >= 4 is 5.97 Å². The highest BCUT2D eigenvalue weighted by atomic mass is 16.5. The fourth-order valence-electron chi connectivity index (χ4n) is 2.37. The van der Waals surface area contributed by atoms with Gasteiger partial charge >= 0.3 is 5.97 Å². The van der Waals surface area contributed by atoms with Crippen LogP contribution in [0.3, 0.4) is 0 Å². The molecule has 3 rings (SSSR count). The summed E-state index contributed by atoms with van der Waals surface area (Å²) in [6, 6.07) is 16.5. The zero-order valence-electron chi connectivity index (χ0n) is 13.6. The van der Waals surface area contributed by atoms with Crippen LogP contribution < -0.4 is 9.47 Å². The molecule has 0 unspecified atom stereocenters. The summed E-state index contributed by atoms with van der Waals surface area (Å²) in [5.41, 5.74) is 1.99. The highest BCUT2D eigenvalue weighted by Gasteiger charge is 2.18. The summed E-state index contributed by atoms with van der Waals surface area (Å²) in [4.78, 5) is 11.0. The Morgan fingerprint density at radius 2 is 1.92 bits per heavy atom. The Bertz CT molecular complexity index is 857. The number of benzene rings is 2. The fourth-order valence-corrected chi connectivity index (χ4v) is 2.37. The van der Waals surface area contributed by atoms with Crippen molar-refractivity contribution in [2.75, 3.05) is 6.61 Å². The zero-order chi connectivity index (χ0) is 17.6. The van der Waals surface area contributed by atoms with E-state index in [9.17, 15) is 4.79 Å². The molecular weight excluding hydrogens is 322 g/mol. The van der Waals surface area contributed by atoms with Crippen LogP contribution in [0.25, 0.3) is 11.3 Å². The number of para-hydroxylation sites is 1. The molecule has 3 aromatic rings. The van der Waals surface area contributed by atoms with Gasteiger partial charge in [0.05, 0.1) is 6.61 Å². The van der Waals surface area contributed by atoms with Crippen LogP contribution in [-0.2, 0) is 6.61 Å². The molecule has 128 valence electrons. The molecule has 0 saturated carbocycles. The molecule has 0 amide bonds. The number of ether oxygens (including phenoxy) is 2. The Balaban J connectivity index is 1.96. The maximum Gasteiger partial charge on any atom is 0.374 e. The van der Waals surface area contributed by atoms with E-state index in [1.54, 1.807) is 18.2 Å². The predicted molar refractivity (Wildman–Crippen MR) is 90.8 cm³/mol. The molecule has 6 nitrogen and oxygen atoms in total. The second-order valence-electron chi connectivity index (χ2n) is 5.22. The number of aromatic carboxylic acids is 1. The number of carbonyl (C=O) groups is 1. The summed E-state index contributed by atoms with van der Waals surface area (Å²) in [6.07, 6.45) is 0. The summed E-state index contributed by atoms with van der Waals surface area (Å²) >= 11 is 0. The average Bonchev–Trinajstić information content (AvgIpc) is 3.12. The third kappa shape index (κ3) is 3.80. The van der Waals surface area contributed by atoms with Crippen LogP contribution in [0.4, 0.5) is 0 Å². The number of carboxylic acids is 1. The highest BCUT2D eigenvalue weighted by molar-refractivity contribution is 5.86. The number of aromatic nitrogens is 1. The summed E-state index contributed by atoms with van der Waals surface area (Å²) in [6.45, 7) is 2.71. The molecular formula is C19H17NO5. The number of rotatable bonds is 7. The van der Waals surface area contributed by atoms with E-state index in [0.29, 0.717) is 36.0 Å². The van der Waals surface area contributed by atoms with Crippen LogP contribution in [0.1, 0.15) is 23.0 Å². The second kappa shape index (κ2) is 7.53. The zero-order valence-corrected chi connectivity index (χ0v) is 13.6. The van der Waals surface area contributed by atoms with Gasteiger partial charge in [-0.3, -0.25) is 0 Å². The number of nitrogens with zero attached hydrogens (tertiary/aromatic N) is 1. The highest BCUT2D eigenvalue weighted by Crippen LogP contribution is 2.38. The molecule has 0 aliphatic heterocycles. The van der Waals surface area contributed by atoms with Gasteiger partial charge in [0.1, 0.15) is 12.3 Å². The number of hydrogen-bond acceptors (Lipinski definition) is 5. The van der Waals surface area contributed by atoms with E-state index in [1.165, 1.54) is 6.07 Å². The number of carboxylic acid groups (broad SMARTS) is 1. The third-order valence-electron chi connectivity index (χ3n) is 3.50. The Labute approximate surface area is 144 Å². The lowest BCUT2D eigenvalue weighted by Gasteiger charge is -2.15. The van der Waals surface area contributed by atoms with Gasteiger partial charge in [-0.2, -0.15) is 0 Å². The van der Waals surface area contributed by atoms with Gasteiger partial charge in [-0.15, -0.1) is 0 Å². The minimum absolute atomic E-state index is 0.231. The SMILES string of the molecule is CCOc1cccc(-c2cc(C(=O)O)on2)c1OCc1ccccc1. The topological polar surface area (TPSA) is 81.8 Å². The first-order valence-electron chi connectivity index (χ1n) is 7.82. The first-order valence-corrected chi connectivity index (χ1v) is 7.82. The van der Waals surface area contributed by atoms with Crippen molar-refractivity contribution in [3.8, 4) is 22.8 Å². The molecule has 0 atom stereocenters. The standard InChI is InChI=1S/C19H17NO5/c1-2-23-16-10-6-9-14(15-11-17(19(21)22)25-20-15)18(16)24-12-13-7-4-3-5-8-13/h3-11H,2,12H2,1H3,(H,21,22). The van der Waals surface area contributed by atoms with E-state index in [-0.39, 0.29) is 5.76 Å². The van der Waals surface area contributed by atoms with E-state index < -0.39 is 5.97 Å². The lowest BCUT2D eigenvalue weighted by atomic mass is 10.1. The average molecular weight is 339 g/mol. The van der Waals surface area contributed by atoms with Crippen molar-refractivity contribution in [2.45, 2.75) is 13.5 Å². The van der Waals surface area contributed by atoms with Crippen LogP contribution in [0, 0.1) is 0 Å². The molecule has 0 spiro atoms. The van der Waals surface area contributed by atoms with Crippen LogP contribution >= 0.6 is 0 Å². The molecule has 0 radical (unpaired) electrons.